The van der Waals surface area contributed by atoms with Gasteiger partial charge >= 0.3 is 0 Å². The summed E-state index contributed by atoms with van der Waals surface area (Å²) in [6.45, 7) is 3.18. The minimum Gasteiger partial charge on any atom is -0.379 e. The van der Waals surface area contributed by atoms with Gasteiger partial charge in [0.15, 0.2) is 0 Å². The molecule has 0 aromatic heterocycles. The number of aryl methyl sites for hydroxylation is 1. The average Bonchev–Trinajstić information content (AvgIpc) is 2.67. The second kappa shape index (κ2) is 8.80. The van der Waals surface area contributed by atoms with Gasteiger partial charge in [0, 0.05) is 34.4 Å². The van der Waals surface area contributed by atoms with Crippen LogP contribution in [0.1, 0.15) is 22.8 Å². The van der Waals surface area contributed by atoms with Gasteiger partial charge in [-0.15, -0.1) is 0 Å². The summed E-state index contributed by atoms with van der Waals surface area (Å²) in [7, 11) is -3.72. The number of nitrogens with zero attached hydrogens (tertiary/aromatic N) is 1. The predicted molar refractivity (Wildman–Crippen MR) is 110 cm³/mol. The van der Waals surface area contributed by atoms with Gasteiger partial charge in [-0.3, -0.25) is 4.79 Å². The third kappa shape index (κ3) is 4.67. The topological polar surface area (TPSA) is 75.7 Å². The van der Waals surface area contributed by atoms with E-state index in [0.717, 1.165) is 0 Å². The number of morpholine rings is 1. The van der Waals surface area contributed by atoms with Crippen LogP contribution in [0.4, 0.5) is 5.69 Å². The van der Waals surface area contributed by atoms with Crippen molar-refractivity contribution in [3.05, 3.63) is 57.6 Å². The molecule has 1 aliphatic heterocycles. The third-order valence-corrected chi connectivity index (χ3v) is 6.84. The number of ether oxygens (including phenoxy) is 1. The molecule has 2 aromatic carbocycles. The zero-order valence-corrected chi connectivity index (χ0v) is 17.6. The summed E-state index contributed by atoms with van der Waals surface area (Å²) in [5, 5.41) is 3.48. The third-order valence-electron chi connectivity index (χ3n) is 4.42. The van der Waals surface area contributed by atoms with E-state index in [1.807, 2.05) is 6.92 Å². The highest BCUT2D eigenvalue weighted by atomic mass is 35.5. The molecule has 2 aromatic rings. The van der Waals surface area contributed by atoms with Crippen LogP contribution in [0, 0.1) is 0 Å². The van der Waals surface area contributed by atoms with E-state index < -0.39 is 15.9 Å². The molecule has 6 nitrogen and oxygen atoms in total. The van der Waals surface area contributed by atoms with Crippen molar-refractivity contribution in [2.75, 3.05) is 31.6 Å². The van der Waals surface area contributed by atoms with E-state index in [9.17, 15) is 13.2 Å². The van der Waals surface area contributed by atoms with Crippen molar-refractivity contribution in [2.45, 2.75) is 18.2 Å². The van der Waals surface area contributed by atoms with Crippen molar-refractivity contribution >= 4 is 44.8 Å². The number of benzene rings is 2. The molecule has 9 heteroatoms. The first-order chi connectivity index (χ1) is 13.3. The molecule has 1 aliphatic rings. The van der Waals surface area contributed by atoms with Gasteiger partial charge < -0.3 is 10.1 Å². The maximum absolute atomic E-state index is 13.1. The fraction of sp³-hybridized carbons (Fsp3) is 0.316. The van der Waals surface area contributed by atoms with Gasteiger partial charge in [-0.2, -0.15) is 4.31 Å². The average molecular weight is 443 g/mol. The Morgan fingerprint density at radius 3 is 2.36 bits per heavy atom. The van der Waals surface area contributed by atoms with E-state index in [-0.39, 0.29) is 10.5 Å². The molecular formula is C19H20Cl2N2O4S. The van der Waals surface area contributed by atoms with Gasteiger partial charge in [-0.1, -0.05) is 36.2 Å². The molecule has 0 atom stereocenters. The molecule has 28 heavy (non-hydrogen) atoms. The quantitative estimate of drug-likeness (QED) is 0.762. The normalized spacial score (nSPS) is 15.4. The van der Waals surface area contributed by atoms with Crippen molar-refractivity contribution < 1.29 is 17.9 Å². The largest absolute Gasteiger partial charge is 0.379 e. The Morgan fingerprint density at radius 1 is 1.11 bits per heavy atom. The Hall–Kier alpha value is -1.64. The van der Waals surface area contributed by atoms with Crippen LogP contribution in [-0.2, 0) is 21.2 Å². The maximum Gasteiger partial charge on any atom is 0.255 e. The van der Waals surface area contributed by atoms with Crippen LogP contribution in [0.15, 0.2) is 41.3 Å². The number of halogens is 2. The summed E-state index contributed by atoms with van der Waals surface area (Å²) in [6, 6.07) is 9.40. The zero-order valence-electron chi connectivity index (χ0n) is 15.2. The van der Waals surface area contributed by atoms with Crippen molar-refractivity contribution in [3.8, 4) is 0 Å². The van der Waals surface area contributed by atoms with Gasteiger partial charge in [0.25, 0.3) is 5.91 Å². The summed E-state index contributed by atoms with van der Waals surface area (Å²) in [4.78, 5) is 12.8. The smallest absolute Gasteiger partial charge is 0.255 e. The van der Waals surface area contributed by atoms with Crippen LogP contribution in [0.3, 0.4) is 0 Å². The van der Waals surface area contributed by atoms with Gasteiger partial charge in [-0.25, -0.2) is 8.42 Å². The lowest BCUT2D eigenvalue weighted by Gasteiger charge is -2.27. The molecular weight excluding hydrogens is 423 g/mol. The summed E-state index contributed by atoms with van der Waals surface area (Å²) in [5.74, 6) is -0.445. The number of sulfonamides is 1. The van der Waals surface area contributed by atoms with Crippen LogP contribution in [0.5, 0.6) is 0 Å². The van der Waals surface area contributed by atoms with Crippen LogP contribution in [0.25, 0.3) is 0 Å². The number of amides is 1. The highest BCUT2D eigenvalue weighted by molar-refractivity contribution is 7.89. The molecule has 0 radical (unpaired) electrons. The lowest BCUT2D eigenvalue weighted by molar-refractivity contribution is 0.0730. The number of carbonyl (C=O) groups excluding carboxylic acids is 1. The first-order valence-corrected chi connectivity index (χ1v) is 11.0. The van der Waals surface area contributed by atoms with Crippen LogP contribution in [0.2, 0.25) is 10.0 Å². The molecule has 0 bridgehead atoms. The van der Waals surface area contributed by atoms with Crippen molar-refractivity contribution in [1.29, 1.82) is 0 Å². The number of anilines is 1. The molecule has 0 saturated carbocycles. The standard InChI is InChI=1S/C19H20Cl2N2O4S/c1-2-13-3-4-14(19(24)22-17-11-15(20)10-16(21)12-17)9-18(13)28(25,26)23-5-7-27-8-6-23/h3-4,9-12H,2,5-8H2,1H3,(H,22,24). The number of rotatable bonds is 5. The molecule has 1 fully saturated rings. The maximum atomic E-state index is 13.1. The zero-order chi connectivity index (χ0) is 20.3. The Labute approximate surface area is 174 Å². The van der Waals surface area contributed by atoms with Crippen molar-refractivity contribution in [2.24, 2.45) is 0 Å². The first kappa shape index (κ1) is 21.1. The summed E-state index contributed by atoms with van der Waals surface area (Å²) in [5.41, 5.74) is 1.33. The first-order valence-electron chi connectivity index (χ1n) is 8.79. The highest BCUT2D eigenvalue weighted by Gasteiger charge is 2.29. The van der Waals surface area contributed by atoms with Crippen LogP contribution in [-0.4, -0.2) is 44.9 Å². The number of hydrogen-bond acceptors (Lipinski definition) is 4. The van der Waals surface area contributed by atoms with Gasteiger partial charge in [-0.05, 0) is 42.3 Å². The molecule has 1 amide bonds. The van der Waals surface area contributed by atoms with E-state index in [0.29, 0.717) is 54.0 Å². The van der Waals surface area contributed by atoms with E-state index in [4.69, 9.17) is 27.9 Å². The second-order valence-corrected chi connectivity index (χ2v) is 9.08. The lowest BCUT2D eigenvalue weighted by Crippen LogP contribution is -2.41. The van der Waals surface area contributed by atoms with Gasteiger partial charge in [0.1, 0.15) is 0 Å². The van der Waals surface area contributed by atoms with E-state index >= 15 is 0 Å². The Morgan fingerprint density at radius 2 is 1.75 bits per heavy atom. The molecule has 3 rings (SSSR count). The number of carbonyl (C=O) groups is 1. The number of nitrogens with one attached hydrogen (secondary N) is 1. The minimum atomic E-state index is -3.72. The molecule has 1 heterocycles. The molecule has 0 unspecified atom stereocenters. The molecule has 0 spiro atoms. The Kier molecular flexibility index (Phi) is 6.62. The van der Waals surface area contributed by atoms with Crippen molar-refractivity contribution in [1.82, 2.24) is 4.31 Å². The van der Waals surface area contributed by atoms with Gasteiger partial charge in [0.05, 0.1) is 18.1 Å². The SMILES string of the molecule is CCc1ccc(C(=O)Nc2cc(Cl)cc(Cl)c2)cc1S(=O)(=O)N1CCOCC1. The number of hydrogen-bond donors (Lipinski definition) is 1. The molecule has 0 aliphatic carbocycles. The van der Waals surface area contributed by atoms with E-state index in [1.165, 1.54) is 10.4 Å². The molecule has 1 saturated heterocycles. The Balaban J connectivity index is 1.92. The van der Waals surface area contributed by atoms with Crippen LogP contribution >= 0.6 is 23.2 Å². The molecule has 150 valence electrons. The Bertz CT molecular complexity index is 969. The predicted octanol–water partition coefficient (Wildman–Crippen LogP) is 3.83. The van der Waals surface area contributed by atoms with E-state index in [1.54, 1.807) is 30.3 Å². The van der Waals surface area contributed by atoms with Crippen molar-refractivity contribution in [3.63, 3.8) is 0 Å². The summed E-state index contributed by atoms with van der Waals surface area (Å²) >= 11 is 11.9. The van der Waals surface area contributed by atoms with Gasteiger partial charge in [0.2, 0.25) is 10.0 Å². The lowest BCUT2D eigenvalue weighted by atomic mass is 10.1. The van der Waals surface area contributed by atoms with E-state index in [2.05, 4.69) is 5.32 Å². The molecule has 1 N–H and O–H groups in total. The monoisotopic (exact) mass is 442 g/mol. The minimum absolute atomic E-state index is 0.147. The highest BCUT2D eigenvalue weighted by Crippen LogP contribution is 2.26. The second-order valence-electron chi connectivity index (χ2n) is 6.30. The fourth-order valence-electron chi connectivity index (χ4n) is 2.98. The summed E-state index contributed by atoms with van der Waals surface area (Å²) < 4.78 is 32.8. The van der Waals surface area contributed by atoms with Crippen LogP contribution < -0.4 is 5.32 Å². The fourth-order valence-corrected chi connectivity index (χ4v) is 5.24. The summed E-state index contributed by atoms with van der Waals surface area (Å²) in [6.07, 6.45) is 0.532.